The monoisotopic (exact) mass is 311 g/mol. The molecule has 6 heteroatoms. The number of nitrogens with zero attached hydrogens (tertiary/aromatic N) is 1. The van der Waals surface area contributed by atoms with Crippen molar-refractivity contribution in [3.05, 3.63) is 18.2 Å². The molecular formula is C15H25N3O2S. The van der Waals surface area contributed by atoms with Crippen molar-refractivity contribution in [3.8, 4) is 0 Å². The maximum absolute atomic E-state index is 11.9. The van der Waals surface area contributed by atoms with Crippen LogP contribution in [0.4, 0.5) is 11.4 Å². The first-order valence-corrected chi connectivity index (χ1v) is 8.71. The van der Waals surface area contributed by atoms with Gasteiger partial charge < -0.3 is 10.6 Å². The van der Waals surface area contributed by atoms with Gasteiger partial charge in [-0.1, -0.05) is 20.8 Å². The van der Waals surface area contributed by atoms with Crippen LogP contribution in [-0.2, 0) is 10.0 Å². The Hall–Kier alpha value is -1.27. The predicted molar refractivity (Wildman–Crippen MR) is 86.9 cm³/mol. The smallest absolute Gasteiger partial charge is 0.240 e. The molecule has 1 fully saturated rings. The first-order chi connectivity index (χ1) is 9.65. The summed E-state index contributed by atoms with van der Waals surface area (Å²) in [6, 6.07) is 4.89. The minimum absolute atomic E-state index is 0.248. The Morgan fingerprint density at radius 3 is 2.52 bits per heavy atom. The molecule has 0 saturated carbocycles. The number of benzene rings is 1. The fraction of sp³-hybridized carbons (Fsp3) is 0.600. The molecule has 5 nitrogen and oxygen atoms in total. The van der Waals surface area contributed by atoms with Crippen LogP contribution in [-0.4, -0.2) is 28.6 Å². The van der Waals surface area contributed by atoms with Crippen molar-refractivity contribution in [1.29, 1.82) is 0 Å². The Kier molecular flexibility index (Phi) is 4.22. The minimum atomic E-state index is -3.44. The fourth-order valence-corrected chi connectivity index (χ4v) is 3.52. The second-order valence-corrected chi connectivity index (χ2v) is 8.61. The lowest BCUT2D eigenvalue weighted by atomic mass is 9.80. The first-order valence-electron chi connectivity index (χ1n) is 7.23. The summed E-state index contributed by atoms with van der Waals surface area (Å²) in [7, 11) is -2.03. The van der Waals surface area contributed by atoms with E-state index in [2.05, 4.69) is 30.4 Å². The van der Waals surface area contributed by atoms with Crippen molar-refractivity contribution in [1.82, 2.24) is 4.72 Å². The second kappa shape index (κ2) is 5.50. The van der Waals surface area contributed by atoms with Crippen LogP contribution < -0.4 is 15.4 Å². The fourth-order valence-electron chi connectivity index (χ4n) is 2.77. The Morgan fingerprint density at radius 2 is 2.00 bits per heavy atom. The standard InChI is InChI=1S/C15H25N3O2S/c1-15(2,3)11-7-8-18(10-11)14-9-12(5-6-13(14)16)21(19,20)17-4/h5-6,9,11,17H,7-8,10,16H2,1-4H3. The highest BCUT2D eigenvalue weighted by Gasteiger charge is 2.32. The van der Waals surface area contributed by atoms with Crippen LogP contribution in [0, 0.1) is 11.3 Å². The van der Waals surface area contributed by atoms with Crippen molar-refractivity contribution < 1.29 is 8.42 Å². The molecule has 0 aromatic heterocycles. The lowest BCUT2D eigenvalue weighted by Crippen LogP contribution is -2.26. The van der Waals surface area contributed by atoms with Crippen LogP contribution in [0.2, 0.25) is 0 Å². The third kappa shape index (κ3) is 3.32. The minimum Gasteiger partial charge on any atom is -0.397 e. The van der Waals surface area contributed by atoms with Gasteiger partial charge in [-0.05, 0) is 43.0 Å². The van der Waals surface area contributed by atoms with E-state index in [4.69, 9.17) is 5.73 Å². The Labute approximate surface area is 127 Å². The maximum atomic E-state index is 11.9. The summed E-state index contributed by atoms with van der Waals surface area (Å²) >= 11 is 0. The Bertz CT molecular complexity index is 620. The molecule has 1 aromatic rings. The third-order valence-corrected chi connectivity index (χ3v) is 5.75. The van der Waals surface area contributed by atoms with Gasteiger partial charge in [0.1, 0.15) is 0 Å². The second-order valence-electron chi connectivity index (χ2n) is 6.73. The number of hydrogen-bond acceptors (Lipinski definition) is 4. The lowest BCUT2D eigenvalue weighted by molar-refractivity contribution is 0.263. The SMILES string of the molecule is CNS(=O)(=O)c1ccc(N)c(N2CCC(C(C)(C)C)C2)c1. The zero-order valence-electron chi connectivity index (χ0n) is 13.2. The zero-order chi connectivity index (χ0) is 15.8. The summed E-state index contributed by atoms with van der Waals surface area (Å²) in [5.74, 6) is 0.585. The summed E-state index contributed by atoms with van der Waals surface area (Å²) in [6.07, 6.45) is 1.10. The molecule has 1 unspecified atom stereocenters. The van der Waals surface area contributed by atoms with E-state index in [0.29, 0.717) is 11.6 Å². The molecule has 1 atom stereocenters. The molecule has 1 heterocycles. The molecule has 118 valence electrons. The number of nitrogen functional groups attached to an aromatic ring is 1. The van der Waals surface area contributed by atoms with Gasteiger partial charge in [-0.3, -0.25) is 0 Å². The van der Waals surface area contributed by atoms with Crippen molar-refractivity contribution >= 4 is 21.4 Å². The third-order valence-electron chi connectivity index (χ3n) is 4.33. The molecule has 0 spiro atoms. The topological polar surface area (TPSA) is 75.4 Å². The molecule has 3 N–H and O–H groups in total. The number of rotatable bonds is 3. The average molecular weight is 311 g/mol. The summed E-state index contributed by atoms with van der Waals surface area (Å²) < 4.78 is 26.2. The molecule has 0 bridgehead atoms. The molecule has 1 aliphatic rings. The van der Waals surface area contributed by atoms with E-state index in [1.165, 1.54) is 7.05 Å². The molecule has 0 radical (unpaired) electrons. The molecule has 2 rings (SSSR count). The number of nitrogens with one attached hydrogen (secondary N) is 1. The van der Waals surface area contributed by atoms with E-state index >= 15 is 0 Å². The van der Waals surface area contributed by atoms with Gasteiger partial charge in [-0.25, -0.2) is 13.1 Å². The van der Waals surface area contributed by atoms with Crippen LogP contribution in [0.15, 0.2) is 23.1 Å². The number of anilines is 2. The largest absolute Gasteiger partial charge is 0.397 e. The molecule has 1 aromatic carbocycles. The van der Waals surface area contributed by atoms with Crippen LogP contribution in [0.1, 0.15) is 27.2 Å². The summed E-state index contributed by atoms with van der Waals surface area (Å²) in [4.78, 5) is 2.45. The van der Waals surface area contributed by atoms with Crippen LogP contribution in [0.3, 0.4) is 0 Å². The lowest BCUT2D eigenvalue weighted by Gasteiger charge is -2.28. The van der Waals surface area contributed by atoms with Crippen molar-refractivity contribution in [2.45, 2.75) is 32.1 Å². The molecule has 1 saturated heterocycles. The highest BCUT2D eigenvalue weighted by Crippen LogP contribution is 2.37. The van der Waals surface area contributed by atoms with Gasteiger partial charge in [-0.2, -0.15) is 0 Å². The van der Waals surface area contributed by atoms with Crippen LogP contribution >= 0.6 is 0 Å². The summed E-state index contributed by atoms with van der Waals surface area (Å²) in [5, 5.41) is 0. The summed E-state index contributed by atoms with van der Waals surface area (Å²) in [6.45, 7) is 8.55. The summed E-state index contributed by atoms with van der Waals surface area (Å²) in [5.41, 5.74) is 7.74. The molecular weight excluding hydrogens is 286 g/mol. The van der Waals surface area contributed by atoms with E-state index < -0.39 is 10.0 Å². The quantitative estimate of drug-likeness (QED) is 0.838. The van der Waals surface area contributed by atoms with E-state index in [1.54, 1.807) is 18.2 Å². The van der Waals surface area contributed by atoms with E-state index in [-0.39, 0.29) is 10.3 Å². The van der Waals surface area contributed by atoms with Gasteiger partial charge >= 0.3 is 0 Å². The molecule has 21 heavy (non-hydrogen) atoms. The van der Waals surface area contributed by atoms with Crippen LogP contribution in [0.5, 0.6) is 0 Å². The van der Waals surface area contributed by atoms with Gasteiger partial charge in [0.05, 0.1) is 16.3 Å². The number of sulfonamides is 1. The van der Waals surface area contributed by atoms with Crippen molar-refractivity contribution in [3.63, 3.8) is 0 Å². The van der Waals surface area contributed by atoms with Gasteiger partial charge in [0.2, 0.25) is 10.0 Å². The van der Waals surface area contributed by atoms with Crippen molar-refractivity contribution in [2.75, 3.05) is 30.8 Å². The molecule has 0 aliphatic carbocycles. The normalized spacial score (nSPS) is 20.0. The van der Waals surface area contributed by atoms with E-state index in [1.807, 2.05) is 0 Å². The van der Waals surface area contributed by atoms with Gasteiger partial charge in [0.25, 0.3) is 0 Å². The highest BCUT2D eigenvalue weighted by molar-refractivity contribution is 7.89. The highest BCUT2D eigenvalue weighted by atomic mass is 32.2. The maximum Gasteiger partial charge on any atom is 0.240 e. The van der Waals surface area contributed by atoms with Crippen molar-refractivity contribution in [2.24, 2.45) is 11.3 Å². The molecule has 1 aliphatic heterocycles. The number of nitrogens with two attached hydrogens (primary N) is 1. The Morgan fingerprint density at radius 1 is 1.33 bits per heavy atom. The van der Waals surface area contributed by atoms with Gasteiger partial charge in [-0.15, -0.1) is 0 Å². The number of hydrogen-bond donors (Lipinski definition) is 2. The van der Waals surface area contributed by atoms with Gasteiger partial charge in [0, 0.05) is 13.1 Å². The zero-order valence-corrected chi connectivity index (χ0v) is 14.0. The Balaban J connectivity index is 2.31. The van der Waals surface area contributed by atoms with Crippen LogP contribution in [0.25, 0.3) is 0 Å². The molecule has 0 amide bonds. The van der Waals surface area contributed by atoms with Gasteiger partial charge in [0.15, 0.2) is 0 Å². The van der Waals surface area contributed by atoms with E-state index in [9.17, 15) is 8.42 Å². The first kappa shape index (κ1) is 16.1. The predicted octanol–water partition coefficient (Wildman–Crippen LogP) is 2.05. The average Bonchev–Trinajstić information content (AvgIpc) is 2.88. The van der Waals surface area contributed by atoms with E-state index in [0.717, 1.165) is 25.2 Å².